The molecule has 1 saturated heterocycles. The summed E-state index contributed by atoms with van der Waals surface area (Å²) in [5, 5.41) is 20.6. The largest absolute Gasteiger partial charge is 0.490 e. The van der Waals surface area contributed by atoms with Crippen LogP contribution in [0.15, 0.2) is 60.1 Å². The molecular weight excluding hydrogens is 666 g/mol. The zero-order valence-electron chi connectivity index (χ0n) is 23.7. The van der Waals surface area contributed by atoms with Gasteiger partial charge in [0, 0.05) is 37.0 Å². The molecule has 20 heteroatoms. The average molecular weight is 691 g/mol. The number of nitrogens with one attached hydrogen (secondary N) is 4. The van der Waals surface area contributed by atoms with Gasteiger partial charge in [0.15, 0.2) is 0 Å². The van der Waals surface area contributed by atoms with Gasteiger partial charge in [-0.15, -0.1) is 0 Å². The van der Waals surface area contributed by atoms with Gasteiger partial charge in [0.25, 0.3) is 11.8 Å². The van der Waals surface area contributed by atoms with Gasteiger partial charge in [-0.3, -0.25) is 19.5 Å². The zero-order chi connectivity index (χ0) is 35.1. The number of hydrogen-bond acceptors (Lipinski definition) is 7. The summed E-state index contributed by atoms with van der Waals surface area (Å²) in [4.78, 5) is 45.7. The van der Waals surface area contributed by atoms with E-state index < -0.39 is 68.9 Å². The number of piperidine rings is 1. The molecule has 3 aromatic rings. The summed E-state index contributed by atoms with van der Waals surface area (Å²) >= 11 is 0. The molecule has 2 aromatic carbocycles. The number of H-pyrrole nitrogens is 1. The molecule has 0 radical (unpaired) electrons. The molecule has 0 unspecified atom stereocenters. The van der Waals surface area contributed by atoms with Gasteiger partial charge in [-0.25, -0.2) is 26.4 Å². The van der Waals surface area contributed by atoms with Crippen LogP contribution in [0.5, 0.6) is 0 Å². The van der Waals surface area contributed by atoms with Crippen LogP contribution < -0.4 is 16.0 Å². The minimum atomic E-state index is -5.08. The molecule has 3 amide bonds. The van der Waals surface area contributed by atoms with E-state index in [4.69, 9.17) is 9.90 Å². The zero-order valence-corrected chi connectivity index (χ0v) is 24.5. The monoisotopic (exact) mass is 690 g/mol. The molecule has 1 aliphatic heterocycles. The van der Waals surface area contributed by atoms with Gasteiger partial charge in [0.05, 0.1) is 16.8 Å². The van der Waals surface area contributed by atoms with Gasteiger partial charge in [0.1, 0.15) is 28.7 Å². The van der Waals surface area contributed by atoms with E-state index in [9.17, 15) is 49.1 Å². The van der Waals surface area contributed by atoms with Crippen molar-refractivity contribution in [3.63, 3.8) is 0 Å². The maximum Gasteiger partial charge on any atom is 0.490 e. The van der Waals surface area contributed by atoms with Gasteiger partial charge in [-0.05, 0) is 37.1 Å². The number of aliphatic carboxylic acids is 1. The Bertz CT molecular complexity index is 1770. The number of nitrogens with zero attached hydrogens (tertiary/aromatic N) is 2. The molecule has 4 rings (SSSR count). The number of rotatable bonds is 8. The fourth-order valence-corrected chi connectivity index (χ4v) is 5.59. The van der Waals surface area contributed by atoms with Crippen LogP contribution in [0.2, 0.25) is 0 Å². The lowest BCUT2D eigenvalue weighted by Gasteiger charge is -2.31. The third kappa shape index (κ3) is 9.39. The number of carboxylic acid groups (broad SMARTS) is 1. The molecule has 0 spiro atoms. The number of halogens is 6. The molecule has 0 aliphatic carbocycles. The Kier molecular flexibility index (Phi) is 11.5. The molecule has 13 nitrogen and oxygen atoms in total. The van der Waals surface area contributed by atoms with Gasteiger partial charge >= 0.3 is 12.1 Å². The van der Waals surface area contributed by atoms with Crippen LogP contribution in [0.25, 0.3) is 0 Å². The van der Waals surface area contributed by atoms with Crippen molar-refractivity contribution in [2.75, 3.05) is 23.7 Å². The molecule has 2 heterocycles. The van der Waals surface area contributed by atoms with Crippen LogP contribution >= 0.6 is 0 Å². The summed E-state index contributed by atoms with van der Waals surface area (Å²) in [5.74, 6) is -9.22. The number of carboxylic acids is 1. The second kappa shape index (κ2) is 14.9. The van der Waals surface area contributed by atoms with Crippen molar-refractivity contribution in [2.45, 2.75) is 30.0 Å². The number of amides is 3. The van der Waals surface area contributed by atoms with E-state index in [0.29, 0.717) is 17.8 Å². The maximum atomic E-state index is 14.0. The minimum Gasteiger partial charge on any atom is -0.475 e. The van der Waals surface area contributed by atoms with Crippen LogP contribution in [0.3, 0.4) is 0 Å². The second-order valence-electron chi connectivity index (χ2n) is 9.53. The quantitative estimate of drug-likeness (QED) is 0.176. The predicted molar refractivity (Wildman–Crippen MR) is 151 cm³/mol. The van der Waals surface area contributed by atoms with E-state index in [1.165, 1.54) is 22.5 Å². The number of alkyl halides is 3. The molecule has 0 bridgehead atoms. The fraction of sp³-hybridized carbons (Fsp3) is 0.222. The lowest BCUT2D eigenvalue weighted by atomic mass is 10.1. The Hall–Kier alpha value is -5.24. The Morgan fingerprint density at radius 2 is 1.60 bits per heavy atom. The predicted octanol–water partition coefficient (Wildman–Crippen LogP) is 3.42. The fourth-order valence-electron chi connectivity index (χ4n) is 4.07. The third-order valence-electron chi connectivity index (χ3n) is 6.30. The number of carbonyl (C=O) groups excluding carboxylic acids is 3. The van der Waals surface area contributed by atoms with Gasteiger partial charge < -0.3 is 21.1 Å². The lowest BCUT2D eigenvalue weighted by molar-refractivity contribution is -0.192. The molecule has 252 valence electrons. The van der Waals surface area contributed by atoms with Crippen LogP contribution in [0.1, 0.15) is 33.7 Å². The summed E-state index contributed by atoms with van der Waals surface area (Å²) in [6.45, 7) is 3.53. The summed E-state index contributed by atoms with van der Waals surface area (Å²) in [6.07, 6.45) is -2.43. The number of aromatic amines is 1. The van der Waals surface area contributed by atoms with E-state index in [0.717, 1.165) is 12.3 Å². The smallest absolute Gasteiger partial charge is 0.475 e. The Labute approximate surface area is 261 Å². The lowest BCUT2D eigenvalue weighted by Crippen LogP contribution is -2.46. The highest BCUT2D eigenvalue weighted by atomic mass is 32.2. The average Bonchev–Trinajstić information content (AvgIpc) is 3.45. The van der Waals surface area contributed by atoms with Crippen LogP contribution in [0.4, 0.5) is 37.7 Å². The van der Waals surface area contributed by atoms with Crippen molar-refractivity contribution >= 4 is 45.1 Å². The number of carbonyl (C=O) groups is 4. The SMILES string of the molecule is C=CC(=O)Nc1cccc(S(=O)(=O)N2CCC(NC(=O)c3[nH]ncc3NC(=O)c3c(F)cc(F)cc3F)CC2)c1.O=C(O)C(F)(F)F. The molecule has 1 aromatic heterocycles. The van der Waals surface area contributed by atoms with Gasteiger partial charge in [0.2, 0.25) is 15.9 Å². The summed E-state index contributed by atoms with van der Waals surface area (Å²) in [6, 6.07) is 6.05. The molecule has 5 N–H and O–H groups in total. The van der Waals surface area contributed by atoms with Crippen molar-refractivity contribution in [2.24, 2.45) is 0 Å². The maximum absolute atomic E-state index is 14.0. The first-order valence-corrected chi connectivity index (χ1v) is 14.5. The molecule has 0 saturated carbocycles. The highest BCUT2D eigenvalue weighted by Crippen LogP contribution is 2.24. The molecule has 1 aliphatic rings. The standard InChI is InChI=1S/C25H23F3N6O5S.C2HF3O2/c1-2-21(35)30-16-4-3-5-17(12-16)40(38,39)34-8-6-15(7-9-34)31-25(37)23-20(13-29-33-23)32-24(36)22-18(27)10-14(26)11-19(22)28;3-2(4,5)1(6)7/h2-5,10-13,15H,1,6-9H2,(H,29,33)(H,30,35)(H,31,37)(H,32,36);(H,6,7). The summed E-state index contributed by atoms with van der Waals surface area (Å²) in [5.41, 5.74) is -1.12. The number of anilines is 2. The van der Waals surface area contributed by atoms with Crippen LogP contribution in [0, 0.1) is 17.5 Å². The number of benzene rings is 2. The first kappa shape index (κ1) is 36.2. The minimum absolute atomic E-state index is 0.0104. The first-order chi connectivity index (χ1) is 21.9. The van der Waals surface area contributed by atoms with Crippen molar-refractivity contribution in [1.29, 1.82) is 0 Å². The van der Waals surface area contributed by atoms with Crippen molar-refractivity contribution in [3.8, 4) is 0 Å². The van der Waals surface area contributed by atoms with Gasteiger partial charge in [-0.2, -0.15) is 22.6 Å². The highest BCUT2D eigenvalue weighted by molar-refractivity contribution is 7.89. The number of aromatic nitrogens is 2. The second-order valence-corrected chi connectivity index (χ2v) is 11.5. The van der Waals surface area contributed by atoms with Crippen LogP contribution in [-0.2, 0) is 19.6 Å². The molecule has 47 heavy (non-hydrogen) atoms. The number of sulfonamides is 1. The van der Waals surface area contributed by atoms with Gasteiger partial charge in [-0.1, -0.05) is 12.6 Å². The molecular formula is C27H24F6N6O7S. The van der Waals surface area contributed by atoms with E-state index >= 15 is 0 Å². The van der Waals surface area contributed by atoms with E-state index in [-0.39, 0.29) is 42.2 Å². The topological polar surface area (TPSA) is 191 Å². The third-order valence-corrected chi connectivity index (χ3v) is 8.20. The Morgan fingerprint density at radius 1 is 1.00 bits per heavy atom. The van der Waals surface area contributed by atoms with E-state index in [2.05, 4.69) is 32.7 Å². The summed E-state index contributed by atoms with van der Waals surface area (Å²) < 4.78 is 100. The van der Waals surface area contributed by atoms with E-state index in [1.807, 2.05) is 0 Å². The first-order valence-electron chi connectivity index (χ1n) is 13.1. The highest BCUT2D eigenvalue weighted by Gasteiger charge is 2.38. The molecule has 0 atom stereocenters. The van der Waals surface area contributed by atoms with Crippen molar-refractivity contribution in [1.82, 2.24) is 19.8 Å². The summed E-state index contributed by atoms with van der Waals surface area (Å²) in [7, 11) is -3.88. The molecule has 1 fully saturated rings. The van der Waals surface area contributed by atoms with Crippen molar-refractivity contribution < 1.29 is 59.0 Å². The normalized spacial score (nSPS) is 13.9. The van der Waals surface area contributed by atoms with E-state index in [1.54, 1.807) is 6.07 Å². The Balaban J connectivity index is 0.000000771. The van der Waals surface area contributed by atoms with Crippen molar-refractivity contribution in [3.05, 3.63) is 84.0 Å². The number of hydrogen-bond donors (Lipinski definition) is 5. The Morgan fingerprint density at radius 3 is 2.15 bits per heavy atom. The van der Waals surface area contributed by atoms with Crippen LogP contribution in [-0.4, -0.2) is 77.0 Å².